The molecule has 3 heterocycles. The molecule has 0 bridgehead atoms. The maximum Gasteiger partial charge on any atom is 0.271 e. The Balaban J connectivity index is 1.37. The highest BCUT2D eigenvalue weighted by molar-refractivity contribution is 5.93. The number of nitrogens with one attached hydrogen (secondary N) is 1. The Morgan fingerprint density at radius 1 is 1.35 bits per heavy atom. The highest BCUT2D eigenvalue weighted by Gasteiger charge is 2.32. The van der Waals surface area contributed by atoms with Gasteiger partial charge in [0.2, 0.25) is 0 Å². The second kappa shape index (κ2) is 6.22. The Bertz CT molecular complexity index is 721. The van der Waals surface area contributed by atoms with Gasteiger partial charge in [0, 0.05) is 19.1 Å². The third-order valence-electron chi connectivity index (χ3n) is 4.63. The molecule has 4 rings (SSSR count). The number of carbonyl (C=O) groups excluding carboxylic acids is 1. The molecule has 6 heteroatoms. The zero-order valence-electron chi connectivity index (χ0n) is 12.9. The van der Waals surface area contributed by atoms with Gasteiger partial charge < -0.3 is 10.1 Å². The SMILES string of the molecule is O=C(NC[C@H]1CN2CCC[C@@H]2CO1)c1cnc2ccccc2n1. The van der Waals surface area contributed by atoms with E-state index in [1.165, 1.54) is 19.0 Å². The summed E-state index contributed by atoms with van der Waals surface area (Å²) in [6.45, 7) is 3.33. The highest BCUT2D eigenvalue weighted by atomic mass is 16.5. The topological polar surface area (TPSA) is 67.4 Å². The number of benzene rings is 1. The predicted molar refractivity (Wildman–Crippen MR) is 86.2 cm³/mol. The van der Waals surface area contributed by atoms with Crippen molar-refractivity contribution in [3.8, 4) is 0 Å². The lowest BCUT2D eigenvalue weighted by Gasteiger charge is -2.35. The third kappa shape index (κ3) is 3.04. The van der Waals surface area contributed by atoms with Gasteiger partial charge in [0.1, 0.15) is 5.69 Å². The van der Waals surface area contributed by atoms with E-state index in [1.807, 2.05) is 24.3 Å². The molecule has 0 spiro atoms. The van der Waals surface area contributed by atoms with Crippen molar-refractivity contribution in [3.63, 3.8) is 0 Å². The number of hydrogen-bond donors (Lipinski definition) is 1. The maximum absolute atomic E-state index is 12.3. The van der Waals surface area contributed by atoms with Crippen LogP contribution in [0.3, 0.4) is 0 Å². The van der Waals surface area contributed by atoms with Gasteiger partial charge in [-0.2, -0.15) is 0 Å². The molecule has 0 aliphatic carbocycles. The maximum atomic E-state index is 12.3. The second-order valence-corrected chi connectivity index (χ2v) is 6.20. The van der Waals surface area contributed by atoms with Crippen LogP contribution >= 0.6 is 0 Å². The molecule has 1 aromatic heterocycles. The number of ether oxygens (including phenoxy) is 1. The van der Waals surface area contributed by atoms with E-state index in [1.54, 1.807) is 0 Å². The summed E-state index contributed by atoms with van der Waals surface area (Å²) < 4.78 is 5.86. The Morgan fingerprint density at radius 3 is 3.13 bits per heavy atom. The van der Waals surface area contributed by atoms with E-state index in [0.717, 1.165) is 30.7 Å². The standard InChI is InChI=1S/C17H20N4O2/c22-17(16-9-18-14-5-1-2-6-15(14)20-16)19-8-13-10-21-7-3-4-12(21)11-23-13/h1-2,5-6,9,12-13H,3-4,7-8,10-11H2,(H,19,22)/t12-,13+/m1/s1. The van der Waals surface area contributed by atoms with Crippen LogP contribution in [0, 0.1) is 0 Å². The number of para-hydroxylation sites is 2. The molecule has 2 saturated heterocycles. The van der Waals surface area contributed by atoms with Gasteiger partial charge in [0.15, 0.2) is 0 Å². The van der Waals surface area contributed by atoms with Gasteiger partial charge in [-0.1, -0.05) is 12.1 Å². The third-order valence-corrected chi connectivity index (χ3v) is 4.63. The van der Waals surface area contributed by atoms with Crippen LogP contribution in [0.4, 0.5) is 0 Å². The summed E-state index contributed by atoms with van der Waals surface area (Å²) in [5, 5.41) is 2.92. The second-order valence-electron chi connectivity index (χ2n) is 6.20. The summed E-state index contributed by atoms with van der Waals surface area (Å²) in [7, 11) is 0. The van der Waals surface area contributed by atoms with Gasteiger partial charge in [0.25, 0.3) is 5.91 Å². The summed E-state index contributed by atoms with van der Waals surface area (Å²) in [6, 6.07) is 8.11. The number of fused-ring (bicyclic) bond motifs is 2. The van der Waals surface area contributed by atoms with Gasteiger partial charge in [-0.3, -0.25) is 14.7 Å². The smallest absolute Gasteiger partial charge is 0.271 e. The van der Waals surface area contributed by atoms with E-state index in [4.69, 9.17) is 4.74 Å². The van der Waals surface area contributed by atoms with Crippen LogP contribution in [0.1, 0.15) is 23.3 Å². The minimum Gasteiger partial charge on any atom is -0.373 e. The number of hydrogen-bond acceptors (Lipinski definition) is 5. The molecule has 0 unspecified atom stereocenters. The first-order valence-corrected chi connectivity index (χ1v) is 8.15. The van der Waals surface area contributed by atoms with Crippen LogP contribution < -0.4 is 5.32 Å². The average molecular weight is 312 g/mol. The van der Waals surface area contributed by atoms with Crippen molar-refractivity contribution in [2.45, 2.75) is 25.0 Å². The van der Waals surface area contributed by atoms with Crippen LogP contribution in [0.15, 0.2) is 30.5 Å². The molecule has 1 N–H and O–H groups in total. The minimum absolute atomic E-state index is 0.0571. The van der Waals surface area contributed by atoms with Gasteiger partial charge in [-0.05, 0) is 31.5 Å². The first-order chi connectivity index (χ1) is 11.3. The van der Waals surface area contributed by atoms with Crippen molar-refractivity contribution in [2.75, 3.05) is 26.2 Å². The van der Waals surface area contributed by atoms with Crippen molar-refractivity contribution in [1.82, 2.24) is 20.2 Å². The number of rotatable bonds is 3. The molecule has 2 aromatic rings. The molecular weight excluding hydrogens is 292 g/mol. The molecule has 0 saturated carbocycles. The number of nitrogens with zero attached hydrogens (tertiary/aromatic N) is 3. The van der Waals surface area contributed by atoms with E-state index in [2.05, 4.69) is 20.2 Å². The zero-order chi connectivity index (χ0) is 15.6. The molecular formula is C17H20N4O2. The minimum atomic E-state index is -0.199. The lowest BCUT2D eigenvalue weighted by Crippen LogP contribution is -2.50. The van der Waals surface area contributed by atoms with Gasteiger partial charge >= 0.3 is 0 Å². The van der Waals surface area contributed by atoms with Gasteiger partial charge in [-0.25, -0.2) is 4.98 Å². The number of amides is 1. The molecule has 2 fully saturated rings. The van der Waals surface area contributed by atoms with Crippen molar-refractivity contribution in [2.24, 2.45) is 0 Å². The summed E-state index contributed by atoms with van der Waals surface area (Å²) in [5.41, 5.74) is 1.87. The Morgan fingerprint density at radius 2 is 2.22 bits per heavy atom. The lowest BCUT2D eigenvalue weighted by atomic mass is 10.2. The van der Waals surface area contributed by atoms with E-state index in [0.29, 0.717) is 18.3 Å². The number of aromatic nitrogens is 2. The average Bonchev–Trinajstić information content (AvgIpc) is 3.07. The first-order valence-electron chi connectivity index (χ1n) is 8.15. The van der Waals surface area contributed by atoms with Crippen LogP contribution in [0.2, 0.25) is 0 Å². The van der Waals surface area contributed by atoms with Crippen molar-refractivity contribution in [3.05, 3.63) is 36.2 Å². The zero-order valence-corrected chi connectivity index (χ0v) is 12.9. The quantitative estimate of drug-likeness (QED) is 0.923. The van der Waals surface area contributed by atoms with E-state index in [9.17, 15) is 4.79 Å². The molecule has 1 aromatic carbocycles. The molecule has 23 heavy (non-hydrogen) atoms. The molecule has 120 valence electrons. The van der Waals surface area contributed by atoms with Crippen LogP contribution in [0.25, 0.3) is 11.0 Å². The summed E-state index contributed by atoms with van der Waals surface area (Å²) in [6.07, 6.45) is 4.06. The fourth-order valence-electron chi connectivity index (χ4n) is 3.37. The van der Waals surface area contributed by atoms with E-state index in [-0.39, 0.29) is 12.0 Å². The predicted octanol–water partition coefficient (Wildman–Crippen LogP) is 1.22. The first kappa shape index (κ1) is 14.5. The van der Waals surface area contributed by atoms with E-state index >= 15 is 0 Å². The van der Waals surface area contributed by atoms with Crippen LogP contribution in [-0.4, -0.2) is 59.2 Å². The van der Waals surface area contributed by atoms with Crippen molar-refractivity contribution in [1.29, 1.82) is 0 Å². The van der Waals surface area contributed by atoms with E-state index < -0.39 is 0 Å². The van der Waals surface area contributed by atoms with Crippen molar-refractivity contribution >= 4 is 16.9 Å². The molecule has 2 aliphatic heterocycles. The molecule has 0 radical (unpaired) electrons. The molecule has 2 atom stereocenters. The summed E-state index contributed by atoms with van der Waals surface area (Å²) in [5.74, 6) is -0.199. The Labute approximate surface area is 134 Å². The molecule has 2 aliphatic rings. The monoisotopic (exact) mass is 312 g/mol. The Hall–Kier alpha value is -2.05. The largest absolute Gasteiger partial charge is 0.373 e. The Kier molecular flexibility index (Phi) is 3.93. The highest BCUT2D eigenvalue weighted by Crippen LogP contribution is 2.22. The lowest BCUT2D eigenvalue weighted by molar-refractivity contribution is -0.0462. The van der Waals surface area contributed by atoms with Gasteiger partial charge in [-0.15, -0.1) is 0 Å². The molecule has 1 amide bonds. The fraction of sp³-hybridized carbons (Fsp3) is 0.471. The summed E-state index contributed by atoms with van der Waals surface area (Å²) >= 11 is 0. The number of carbonyl (C=O) groups is 1. The van der Waals surface area contributed by atoms with Crippen molar-refractivity contribution < 1.29 is 9.53 Å². The summed E-state index contributed by atoms with van der Waals surface area (Å²) in [4.78, 5) is 23.4. The van der Waals surface area contributed by atoms with Crippen LogP contribution in [0.5, 0.6) is 0 Å². The fourth-order valence-corrected chi connectivity index (χ4v) is 3.37. The normalized spacial score (nSPS) is 24.5. The van der Waals surface area contributed by atoms with Crippen LogP contribution in [-0.2, 0) is 4.74 Å². The molecule has 6 nitrogen and oxygen atoms in total. The number of morpholine rings is 1. The van der Waals surface area contributed by atoms with Gasteiger partial charge in [0.05, 0.1) is 29.9 Å².